The molecule has 0 aliphatic carbocycles. The Kier molecular flexibility index (Phi) is 8.95. The Morgan fingerprint density at radius 2 is 1.78 bits per heavy atom. The van der Waals surface area contributed by atoms with Crippen molar-refractivity contribution in [2.24, 2.45) is 11.8 Å². The standard InChI is InChI=1S/C24H37Cl2N5O/c25-21-3-4-23(22(26)16-21)28-24(32)31-14-12-30(13-15-31)18-20-2-1-10-29(17-20)11-7-19-5-8-27-9-6-19/h3-4,16,19-20,27H,1-2,5-15,17-18H2,(H,28,32)/t20-/m1/s1. The summed E-state index contributed by atoms with van der Waals surface area (Å²) in [5.74, 6) is 1.67. The van der Waals surface area contributed by atoms with E-state index in [-0.39, 0.29) is 6.03 Å². The number of likely N-dealkylation sites (tertiary alicyclic amines) is 1. The molecule has 8 heteroatoms. The van der Waals surface area contributed by atoms with Gasteiger partial charge in [-0.1, -0.05) is 23.2 Å². The number of carbonyl (C=O) groups excluding carboxylic acids is 1. The lowest BCUT2D eigenvalue weighted by molar-refractivity contribution is 0.0977. The van der Waals surface area contributed by atoms with Crippen LogP contribution < -0.4 is 10.6 Å². The van der Waals surface area contributed by atoms with Gasteiger partial charge in [-0.3, -0.25) is 4.90 Å². The van der Waals surface area contributed by atoms with E-state index < -0.39 is 0 Å². The number of nitrogens with one attached hydrogen (secondary N) is 2. The van der Waals surface area contributed by atoms with Crippen LogP contribution in [0.4, 0.5) is 10.5 Å². The van der Waals surface area contributed by atoms with E-state index in [1.807, 2.05) is 4.90 Å². The number of rotatable bonds is 6. The van der Waals surface area contributed by atoms with Gasteiger partial charge in [-0.05, 0) is 88.3 Å². The van der Waals surface area contributed by atoms with Crippen LogP contribution in [0.2, 0.25) is 10.0 Å². The van der Waals surface area contributed by atoms with Gasteiger partial charge in [0.25, 0.3) is 0 Å². The molecule has 0 aromatic heterocycles. The number of hydrogen-bond acceptors (Lipinski definition) is 4. The van der Waals surface area contributed by atoms with Crippen molar-refractivity contribution in [3.05, 3.63) is 28.2 Å². The highest BCUT2D eigenvalue weighted by Gasteiger charge is 2.26. The smallest absolute Gasteiger partial charge is 0.321 e. The highest BCUT2D eigenvalue weighted by Crippen LogP contribution is 2.26. The first kappa shape index (κ1) is 24.1. The van der Waals surface area contributed by atoms with E-state index in [2.05, 4.69) is 20.4 Å². The minimum absolute atomic E-state index is 0.0874. The summed E-state index contributed by atoms with van der Waals surface area (Å²) in [6.07, 6.45) is 6.71. The van der Waals surface area contributed by atoms with Gasteiger partial charge in [0.1, 0.15) is 0 Å². The number of nitrogens with zero attached hydrogens (tertiary/aromatic N) is 3. The van der Waals surface area contributed by atoms with Gasteiger partial charge in [0.05, 0.1) is 10.7 Å². The second-order valence-electron chi connectivity index (χ2n) is 9.63. The maximum Gasteiger partial charge on any atom is 0.321 e. The first-order chi connectivity index (χ1) is 15.6. The van der Waals surface area contributed by atoms with Gasteiger partial charge in [-0.15, -0.1) is 0 Å². The molecule has 1 aromatic rings. The molecule has 2 N–H and O–H groups in total. The minimum Gasteiger partial charge on any atom is -0.322 e. The number of anilines is 1. The number of benzene rings is 1. The zero-order chi connectivity index (χ0) is 22.3. The van der Waals surface area contributed by atoms with Crippen molar-refractivity contribution in [2.75, 3.05) is 70.8 Å². The topological polar surface area (TPSA) is 50.9 Å². The molecule has 0 spiro atoms. The molecule has 0 radical (unpaired) electrons. The molecule has 0 bridgehead atoms. The molecular formula is C24H37Cl2N5O. The number of piperazine rings is 1. The van der Waals surface area contributed by atoms with E-state index in [0.717, 1.165) is 44.6 Å². The predicted molar refractivity (Wildman–Crippen MR) is 133 cm³/mol. The quantitative estimate of drug-likeness (QED) is 0.637. The molecule has 6 nitrogen and oxygen atoms in total. The van der Waals surface area contributed by atoms with Crippen molar-refractivity contribution in [3.63, 3.8) is 0 Å². The first-order valence-corrected chi connectivity index (χ1v) is 13.0. The van der Waals surface area contributed by atoms with Gasteiger partial charge in [0.15, 0.2) is 0 Å². The Labute approximate surface area is 202 Å². The van der Waals surface area contributed by atoms with Crippen LogP contribution >= 0.6 is 23.2 Å². The molecule has 3 saturated heterocycles. The van der Waals surface area contributed by atoms with Crippen LogP contribution in [0.1, 0.15) is 32.1 Å². The van der Waals surface area contributed by atoms with Gasteiger partial charge in [-0.25, -0.2) is 4.79 Å². The lowest BCUT2D eigenvalue weighted by Gasteiger charge is -2.39. The summed E-state index contributed by atoms with van der Waals surface area (Å²) >= 11 is 12.1. The third kappa shape index (κ3) is 6.97. The van der Waals surface area contributed by atoms with E-state index >= 15 is 0 Å². The van der Waals surface area contributed by atoms with Gasteiger partial charge in [0.2, 0.25) is 0 Å². The highest BCUT2D eigenvalue weighted by molar-refractivity contribution is 6.36. The molecule has 3 fully saturated rings. The number of hydrogen-bond donors (Lipinski definition) is 2. The molecule has 1 atom stereocenters. The summed E-state index contributed by atoms with van der Waals surface area (Å²) in [6, 6.07) is 5.05. The summed E-state index contributed by atoms with van der Waals surface area (Å²) in [6.45, 7) is 10.7. The monoisotopic (exact) mass is 481 g/mol. The third-order valence-corrected chi connectivity index (χ3v) is 7.81. The maximum absolute atomic E-state index is 12.6. The third-order valence-electron chi connectivity index (χ3n) is 7.26. The second kappa shape index (κ2) is 11.9. The van der Waals surface area contributed by atoms with Crippen molar-refractivity contribution in [1.82, 2.24) is 20.0 Å². The number of piperidine rings is 2. The summed E-state index contributed by atoms with van der Waals surface area (Å²) in [5, 5.41) is 7.42. The van der Waals surface area contributed by atoms with Crippen molar-refractivity contribution in [3.8, 4) is 0 Å². The summed E-state index contributed by atoms with van der Waals surface area (Å²) < 4.78 is 0. The Morgan fingerprint density at radius 3 is 2.53 bits per heavy atom. The van der Waals surface area contributed by atoms with E-state index in [4.69, 9.17) is 23.2 Å². The van der Waals surface area contributed by atoms with Crippen molar-refractivity contribution in [1.29, 1.82) is 0 Å². The van der Waals surface area contributed by atoms with Crippen LogP contribution in [0.3, 0.4) is 0 Å². The van der Waals surface area contributed by atoms with Crippen LogP contribution in [-0.4, -0.2) is 86.2 Å². The normalized spacial score (nSPS) is 23.9. The molecule has 0 saturated carbocycles. The number of amides is 2. The largest absolute Gasteiger partial charge is 0.322 e. The van der Waals surface area contributed by atoms with Crippen LogP contribution in [0.25, 0.3) is 0 Å². The molecule has 2 amide bonds. The zero-order valence-corrected chi connectivity index (χ0v) is 20.5. The molecule has 4 rings (SSSR count). The van der Waals surface area contributed by atoms with Crippen LogP contribution in [0, 0.1) is 11.8 Å². The van der Waals surface area contributed by atoms with Crippen LogP contribution in [-0.2, 0) is 0 Å². The van der Waals surface area contributed by atoms with Gasteiger partial charge >= 0.3 is 6.03 Å². The Hall–Kier alpha value is -1.05. The zero-order valence-electron chi connectivity index (χ0n) is 19.0. The van der Waals surface area contributed by atoms with E-state index in [1.165, 1.54) is 64.8 Å². The van der Waals surface area contributed by atoms with Crippen LogP contribution in [0.15, 0.2) is 18.2 Å². The fraction of sp³-hybridized carbons (Fsp3) is 0.708. The van der Waals surface area contributed by atoms with Crippen molar-refractivity contribution >= 4 is 34.9 Å². The maximum atomic E-state index is 12.6. The first-order valence-electron chi connectivity index (χ1n) is 12.2. The molecule has 32 heavy (non-hydrogen) atoms. The average Bonchev–Trinajstić information content (AvgIpc) is 2.81. The van der Waals surface area contributed by atoms with Crippen molar-refractivity contribution < 1.29 is 4.79 Å². The lowest BCUT2D eigenvalue weighted by atomic mass is 9.93. The summed E-state index contributed by atoms with van der Waals surface area (Å²) in [5.41, 5.74) is 0.607. The van der Waals surface area contributed by atoms with Crippen LogP contribution in [0.5, 0.6) is 0 Å². The summed E-state index contributed by atoms with van der Waals surface area (Å²) in [7, 11) is 0. The van der Waals surface area contributed by atoms with E-state index in [1.54, 1.807) is 18.2 Å². The predicted octanol–water partition coefficient (Wildman–Crippen LogP) is 4.24. The van der Waals surface area contributed by atoms with Crippen molar-refractivity contribution in [2.45, 2.75) is 32.1 Å². The SMILES string of the molecule is O=C(Nc1ccc(Cl)cc1Cl)N1CCN(C[C@@H]2CCCN(CCC3CCNCC3)C2)CC1. The fourth-order valence-corrected chi connectivity index (χ4v) is 5.78. The van der Waals surface area contributed by atoms with E-state index in [0.29, 0.717) is 15.7 Å². The molecule has 178 valence electrons. The molecule has 3 heterocycles. The Bertz CT molecular complexity index is 750. The lowest BCUT2D eigenvalue weighted by Crippen LogP contribution is -2.52. The molecule has 3 aliphatic heterocycles. The minimum atomic E-state index is -0.0874. The molecule has 0 unspecified atom stereocenters. The fourth-order valence-electron chi connectivity index (χ4n) is 5.32. The number of urea groups is 1. The number of carbonyl (C=O) groups is 1. The molecular weight excluding hydrogens is 445 g/mol. The van der Waals surface area contributed by atoms with E-state index in [9.17, 15) is 4.79 Å². The second-order valence-corrected chi connectivity index (χ2v) is 10.5. The molecule has 1 aromatic carbocycles. The summed E-state index contributed by atoms with van der Waals surface area (Å²) in [4.78, 5) is 19.8. The van der Waals surface area contributed by atoms with Gasteiger partial charge < -0.3 is 20.4 Å². The van der Waals surface area contributed by atoms with Gasteiger partial charge in [0, 0.05) is 44.3 Å². The highest BCUT2D eigenvalue weighted by atomic mass is 35.5. The molecule has 3 aliphatic rings. The number of halogens is 2. The Morgan fingerprint density at radius 1 is 1.00 bits per heavy atom. The Balaban J connectivity index is 1.17. The van der Waals surface area contributed by atoms with Gasteiger partial charge in [-0.2, -0.15) is 0 Å². The average molecular weight is 483 g/mol.